The third-order valence-electron chi connectivity index (χ3n) is 7.20. The number of amides is 1. The molecule has 0 heterocycles. The lowest BCUT2D eigenvalue weighted by atomic mass is 9.53. The average molecular weight is 461 g/mol. The second-order valence-electron chi connectivity index (χ2n) is 9.77. The van der Waals surface area contributed by atoms with Crippen LogP contribution in [0.15, 0.2) is 24.3 Å². The molecule has 4 saturated carbocycles. The average Bonchev–Trinajstić information content (AvgIpc) is 2.62. The van der Waals surface area contributed by atoms with Crippen LogP contribution in [0.2, 0.25) is 0 Å². The number of carbonyl (C=O) groups excluding carboxylic acids is 1. The van der Waals surface area contributed by atoms with Gasteiger partial charge < -0.3 is 10.1 Å². The van der Waals surface area contributed by atoms with Crippen molar-refractivity contribution in [1.82, 2.24) is 5.32 Å². The molecule has 3 unspecified atom stereocenters. The van der Waals surface area contributed by atoms with Gasteiger partial charge in [0, 0.05) is 0 Å². The Bertz CT molecular complexity index is 979. The van der Waals surface area contributed by atoms with Gasteiger partial charge >= 0.3 is 6.18 Å². The summed E-state index contributed by atoms with van der Waals surface area (Å²) in [5, 5.41) is 8.49. The molecule has 5 atom stereocenters. The van der Waals surface area contributed by atoms with E-state index in [2.05, 4.69) is 5.32 Å². The zero-order chi connectivity index (χ0) is 22.8. The van der Waals surface area contributed by atoms with Crippen LogP contribution in [0.25, 0.3) is 0 Å². The van der Waals surface area contributed by atoms with E-state index in [1.807, 2.05) is 0 Å². The minimum absolute atomic E-state index is 0.0215. The lowest BCUT2D eigenvalue weighted by Gasteiger charge is -2.59. The van der Waals surface area contributed by atoms with E-state index in [-0.39, 0.29) is 17.8 Å². The fraction of sp³-hybridized carbons (Fsp3) is 0.667. The summed E-state index contributed by atoms with van der Waals surface area (Å²) in [6, 6.07) is 4.01. The molecule has 1 aromatic rings. The lowest BCUT2D eigenvalue weighted by Crippen LogP contribution is -2.71. The van der Waals surface area contributed by atoms with Crippen molar-refractivity contribution < 1.29 is 31.1 Å². The van der Waals surface area contributed by atoms with Crippen LogP contribution in [0, 0.1) is 17.8 Å². The summed E-state index contributed by atoms with van der Waals surface area (Å²) in [6.07, 6.45) is -1.21. The number of alkyl halides is 3. The van der Waals surface area contributed by atoms with Gasteiger partial charge in [0.25, 0.3) is 5.91 Å². The highest BCUT2D eigenvalue weighted by atomic mass is 32.2. The van der Waals surface area contributed by atoms with Gasteiger partial charge in [0.15, 0.2) is 5.60 Å². The quantitative estimate of drug-likeness (QED) is 0.705. The molecule has 172 valence electrons. The predicted octanol–water partition coefficient (Wildman–Crippen LogP) is 3.21. The molecule has 3 N–H and O–H groups in total. The van der Waals surface area contributed by atoms with Crippen LogP contribution in [0.5, 0.6) is 5.75 Å². The van der Waals surface area contributed by atoms with E-state index >= 15 is 0 Å². The molecule has 6 nitrogen and oxygen atoms in total. The maximum absolute atomic E-state index is 13.3. The number of hydrogen-bond acceptors (Lipinski definition) is 4. The number of sulfonamides is 1. The summed E-state index contributed by atoms with van der Waals surface area (Å²) in [5.41, 5.74) is -2.64. The van der Waals surface area contributed by atoms with Gasteiger partial charge in [-0.1, -0.05) is 12.1 Å². The molecule has 4 bridgehead atoms. The molecular formula is C21H27F3N2O4S. The molecule has 31 heavy (non-hydrogen) atoms. The minimum atomic E-state index is -4.64. The minimum Gasteiger partial charge on any atom is -0.477 e. The van der Waals surface area contributed by atoms with Crippen molar-refractivity contribution in [2.75, 3.05) is 0 Å². The molecule has 4 aliphatic carbocycles. The molecular weight excluding hydrogens is 433 g/mol. The molecule has 1 aromatic carbocycles. The third kappa shape index (κ3) is 3.82. The Hall–Kier alpha value is -1.81. The fourth-order valence-electron chi connectivity index (χ4n) is 6.05. The first-order valence-electron chi connectivity index (χ1n) is 10.4. The summed E-state index contributed by atoms with van der Waals surface area (Å²) >= 11 is 0. The van der Waals surface area contributed by atoms with Crippen LogP contribution in [0.3, 0.4) is 0 Å². The molecule has 4 fully saturated rings. The largest absolute Gasteiger partial charge is 0.477 e. The van der Waals surface area contributed by atoms with Gasteiger partial charge in [-0.25, -0.2) is 13.6 Å². The smallest absolute Gasteiger partial charge is 0.419 e. The van der Waals surface area contributed by atoms with Crippen molar-refractivity contribution in [3.05, 3.63) is 29.8 Å². The molecule has 1 amide bonds. The van der Waals surface area contributed by atoms with Crippen molar-refractivity contribution in [2.24, 2.45) is 22.9 Å². The molecule has 0 aromatic heterocycles. The number of para-hydroxylation sites is 1. The number of nitrogens with one attached hydrogen (secondary N) is 1. The van der Waals surface area contributed by atoms with Crippen molar-refractivity contribution in [1.29, 1.82) is 0 Å². The van der Waals surface area contributed by atoms with E-state index < -0.39 is 49.8 Å². The van der Waals surface area contributed by atoms with E-state index in [0.29, 0.717) is 12.8 Å². The van der Waals surface area contributed by atoms with Crippen LogP contribution >= 0.6 is 0 Å². The first kappa shape index (κ1) is 22.4. The molecule has 4 aliphatic rings. The van der Waals surface area contributed by atoms with Crippen molar-refractivity contribution >= 4 is 15.9 Å². The summed E-state index contributed by atoms with van der Waals surface area (Å²) in [6.45, 7) is 2.74. The van der Waals surface area contributed by atoms with Crippen LogP contribution in [-0.4, -0.2) is 30.7 Å². The Kier molecular flexibility index (Phi) is 5.13. The zero-order valence-corrected chi connectivity index (χ0v) is 18.2. The Labute approximate surface area is 179 Å². The normalized spacial score (nSPS) is 32.7. The van der Waals surface area contributed by atoms with E-state index in [4.69, 9.17) is 9.88 Å². The van der Waals surface area contributed by atoms with Gasteiger partial charge in [0.2, 0.25) is 10.0 Å². The topological polar surface area (TPSA) is 98.5 Å². The van der Waals surface area contributed by atoms with Gasteiger partial charge in [-0.2, -0.15) is 13.2 Å². The number of halogens is 3. The van der Waals surface area contributed by atoms with Gasteiger partial charge in [0.1, 0.15) is 10.5 Å². The highest BCUT2D eigenvalue weighted by Crippen LogP contribution is 2.58. The summed E-state index contributed by atoms with van der Waals surface area (Å²) in [5.74, 6) is -0.600. The third-order valence-corrected chi connectivity index (χ3v) is 8.92. The maximum atomic E-state index is 13.3. The highest BCUT2D eigenvalue weighted by molar-refractivity contribution is 7.90. The molecule has 0 spiro atoms. The van der Waals surface area contributed by atoms with Crippen LogP contribution in [-0.2, 0) is 21.0 Å². The zero-order valence-electron chi connectivity index (χ0n) is 17.4. The second-order valence-corrected chi connectivity index (χ2v) is 11.7. The number of benzene rings is 1. The number of carbonyl (C=O) groups is 1. The van der Waals surface area contributed by atoms with Gasteiger partial charge in [-0.05, 0) is 75.8 Å². The first-order valence-corrected chi connectivity index (χ1v) is 12.0. The van der Waals surface area contributed by atoms with Crippen molar-refractivity contribution in [3.63, 3.8) is 0 Å². The van der Waals surface area contributed by atoms with E-state index in [1.54, 1.807) is 0 Å². The van der Waals surface area contributed by atoms with E-state index in [1.165, 1.54) is 26.0 Å². The summed E-state index contributed by atoms with van der Waals surface area (Å²) in [4.78, 5) is 13.1. The van der Waals surface area contributed by atoms with Gasteiger partial charge in [-0.15, -0.1) is 0 Å². The number of hydrogen-bond donors (Lipinski definition) is 2. The highest BCUT2D eigenvalue weighted by Gasteiger charge is 2.63. The standard InChI is InChI=1S/C21H27F3N2O4S/c1-19(2,30-16-6-4-3-5-15(16)21(22,23)24)18(27)26-17-14-8-12-7-13(9-14)11-20(17,10-12)31(25,28)29/h3-6,12-14,17H,7-11H2,1-2H3,(H,26,27)(H2,25,28,29)/t12-,13?,14?,17-,20?/m0/s1. The summed E-state index contributed by atoms with van der Waals surface area (Å²) < 4.78 is 69.5. The molecule has 5 rings (SSSR count). The molecule has 10 heteroatoms. The van der Waals surface area contributed by atoms with Crippen LogP contribution < -0.4 is 15.2 Å². The molecule has 0 aliphatic heterocycles. The second kappa shape index (κ2) is 7.10. The Balaban J connectivity index is 1.59. The first-order chi connectivity index (χ1) is 14.2. The predicted molar refractivity (Wildman–Crippen MR) is 107 cm³/mol. The maximum Gasteiger partial charge on any atom is 0.419 e. The monoisotopic (exact) mass is 460 g/mol. The van der Waals surface area contributed by atoms with Gasteiger partial charge in [-0.3, -0.25) is 4.79 Å². The Morgan fingerprint density at radius 3 is 2.26 bits per heavy atom. The van der Waals surface area contributed by atoms with Crippen LogP contribution in [0.4, 0.5) is 13.2 Å². The summed E-state index contributed by atoms with van der Waals surface area (Å²) in [7, 11) is -3.95. The Morgan fingerprint density at radius 1 is 1.13 bits per heavy atom. The number of primary sulfonamides is 1. The Morgan fingerprint density at radius 2 is 1.71 bits per heavy atom. The lowest BCUT2D eigenvalue weighted by molar-refractivity contribution is -0.144. The van der Waals surface area contributed by atoms with Crippen molar-refractivity contribution in [2.45, 2.75) is 68.5 Å². The number of ether oxygens (including phenoxy) is 1. The van der Waals surface area contributed by atoms with Gasteiger partial charge in [0.05, 0.1) is 11.6 Å². The van der Waals surface area contributed by atoms with E-state index in [0.717, 1.165) is 31.4 Å². The number of nitrogens with two attached hydrogens (primary N) is 1. The molecule has 0 radical (unpaired) electrons. The SMILES string of the molecule is CC(C)(Oc1ccccc1C(F)(F)F)C(=O)N[C@H]1C2CC3C[C@@H](C2)CC1(S(N)(=O)=O)C3. The van der Waals surface area contributed by atoms with Crippen molar-refractivity contribution in [3.8, 4) is 5.75 Å². The van der Waals surface area contributed by atoms with Crippen LogP contribution in [0.1, 0.15) is 51.5 Å². The number of rotatable bonds is 5. The van der Waals surface area contributed by atoms with E-state index in [9.17, 15) is 26.4 Å². The fourth-order valence-corrected chi connectivity index (χ4v) is 7.59. The molecule has 0 saturated heterocycles.